The molecule has 3 heterocycles. The molecular formula is C15H25ClN4O. The predicted octanol–water partition coefficient (Wildman–Crippen LogP) is 1.78. The van der Waals surface area contributed by atoms with E-state index in [4.69, 9.17) is 0 Å². The van der Waals surface area contributed by atoms with E-state index in [2.05, 4.69) is 28.4 Å². The van der Waals surface area contributed by atoms with Gasteiger partial charge in [0.2, 0.25) is 5.91 Å². The molecule has 21 heavy (non-hydrogen) atoms. The fraction of sp³-hybridized carbons (Fsp3) is 0.733. The van der Waals surface area contributed by atoms with E-state index in [0.717, 1.165) is 51.9 Å². The first-order valence-corrected chi connectivity index (χ1v) is 7.74. The van der Waals surface area contributed by atoms with Gasteiger partial charge in [0, 0.05) is 25.2 Å². The summed E-state index contributed by atoms with van der Waals surface area (Å²) in [5.74, 6) is 0.592. The van der Waals surface area contributed by atoms with Gasteiger partial charge in [-0.1, -0.05) is 0 Å². The zero-order valence-electron chi connectivity index (χ0n) is 12.6. The van der Waals surface area contributed by atoms with Crippen molar-refractivity contribution < 1.29 is 4.79 Å². The number of piperidine rings is 2. The Morgan fingerprint density at radius 2 is 2.10 bits per heavy atom. The summed E-state index contributed by atoms with van der Waals surface area (Å²) in [6.45, 7) is 5.76. The summed E-state index contributed by atoms with van der Waals surface area (Å²) >= 11 is 0. The molecule has 1 N–H and O–H groups in total. The molecule has 1 aromatic rings. The van der Waals surface area contributed by atoms with Crippen LogP contribution in [0, 0.1) is 12.8 Å². The minimum Gasteiger partial charge on any atom is -0.340 e. The molecule has 3 rings (SSSR count). The Morgan fingerprint density at radius 3 is 2.76 bits per heavy atom. The standard InChI is InChI=1S/C15H24N4O.ClH/c1-12-9-17-19(10-12)14-3-2-8-18(11-14)15(20)13-4-6-16-7-5-13;/h9-10,13-14,16H,2-8,11H2,1H3;1H. The number of halogens is 1. The van der Waals surface area contributed by atoms with Crippen LogP contribution in [0.4, 0.5) is 0 Å². The first-order valence-electron chi connectivity index (χ1n) is 7.74. The fourth-order valence-corrected chi connectivity index (χ4v) is 3.33. The lowest BCUT2D eigenvalue weighted by atomic mass is 9.95. The topological polar surface area (TPSA) is 50.2 Å². The monoisotopic (exact) mass is 312 g/mol. The lowest BCUT2D eigenvalue weighted by Gasteiger charge is -2.36. The average Bonchev–Trinajstić information content (AvgIpc) is 2.94. The maximum Gasteiger partial charge on any atom is 0.225 e. The number of amides is 1. The number of likely N-dealkylation sites (tertiary alicyclic amines) is 1. The van der Waals surface area contributed by atoms with Gasteiger partial charge in [0.25, 0.3) is 0 Å². The summed E-state index contributed by atoms with van der Waals surface area (Å²) in [7, 11) is 0. The smallest absolute Gasteiger partial charge is 0.225 e. The molecule has 0 spiro atoms. The van der Waals surface area contributed by atoms with Crippen molar-refractivity contribution in [1.29, 1.82) is 0 Å². The molecule has 6 heteroatoms. The van der Waals surface area contributed by atoms with E-state index < -0.39 is 0 Å². The molecule has 2 aliphatic heterocycles. The van der Waals surface area contributed by atoms with Crippen molar-refractivity contribution >= 4 is 18.3 Å². The molecule has 0 bridgehead atoms. The van der Waals surface area contributed by atoms with Gasteiger partial charge < -0.3 is 10.2 Å². The summed E-state index contributed by atoms with van der Waals surface area (Å²) in [4.78, 5) is 14.7. The van der Waals surface area contributed by atoms with Crippen LogP contribution >= 0.6 is 12.4 Å². The number of carbonyl (C=O) groups is 1. The number of hydrogen-bond acceptors (Lipinski definition) is 3. The van der Waals surface area contributed by atoms with E-state index in [-0.39, 0.29) is 18.3 Å². The number of carbonyl (C=O) groups excluding carboxylic acids is 1. The van der Waals surface area contributed by atoms with E-state index in [1.54, 1.807) is 0 Å². The van der Waals surface area contributed by atoms with Gasteiger partial charge in [-0.05, 0) is 51.3 Å². The van der Waals surface area contributed by atoms with E-state index in [0.29, 0.717) is 11.9 Å². The molecule has 1 atom stereocenters. The Morgan fingerprint density at radius 1 is 1.33 bits per heavy atom. The van der Waals surface area contributed by atoms with Crippen molar-refractivity contribution in [3.63, 3.8) is 0 Å². The lowest BCUT2D eigenvalue weighted by Crippen LogP contribution is -2.46. The third kappa shape index (κ3) is 3.77. The van der Waals surface area contributed by atoms with Gasteiger partial charge in [-0.15, -0.1) is 12.4 Å². The minimum atomic E-state index is 0. The molecule has 2 saturated heterocycles. The molecule has 0 radical (unpaired) electrons. The largest absolute Gasteiger partial charge is 0.340 e. The van der Waals surface area contributed by atoms with Crippen LogP contribution < -0.4 is 5.32 Å². The Balaban J connectivity index is 0.00000161. The van der Waals surface area contributed by atoms with Crippen LogP contribution in [0.15, 0.2) is 12.4 Å². The Kier molecular flexibility index (Phi) is 5.65. The number of nitrogens with zero attached hydrogens (tertiary/aromatic N) is 3. The highest BCUT2D eigenvalue weighted by molar-refractivity contribution is 5.85. The number of aromatic nitrogens is 2. The second-order valence-electron chi connectivity index (χ2n) is 6.10. The zero-order chi connectivity index (χ0) is 13.9. The first kappa shape index (κ1) is 16.3. The van der Waals surface area contributed by atoms with Crippen LogP contribution in [0.5, 0.6) is 0 Å². The number of hydrogen-bond donors (Lipinski definition) is 1. The molecule has 0 aromatic carbocycles. The van der Waals surface area contributed by atoms with Crippen LogP contribution in [0.25, 0.3) is 0 Å². The van der Waals surface area contributed by atoms with Crippen molar-refractivity contribution in [3.05, 3.63) is 18.0 Å². The Bertz CT molecular complexity index is 470. The second-order valence-corrected chi connectivity index (χ2v) is 6.10. The third-order valence-corrected chi connectivity index (χ3v) is 4.50. The van der Waals surface area contributed by atoms with Gasteiger partial charge in [0.1, 0.15) is 0 Å². The van der Waals surface area contributed by atoms with Crippen molar-refractivity contribution in [2.45, 2.75) is 38.6 Å². The predicted molar refractivity (Wildman–Crippen MR) is 84.7 cm³/mol. The lowest BCUT2D eigenvalue weighted by molar-refractivity contribution is -0.138. The minimum absolute atomic E-state index is 0. The van der Waals surface area contributed by atoms with E-state index in [9.17, 15) is 4.79 Å². The summed E-state index contributed by atoms with van der Waals surface area (Å²) in [6, 6.07) is 0.350. The maximum atomic E-state index is 12.6. The van der Waals surface area contributed by atoms with Gasteiger partial charge in [-0.3, -0.25) is 9.48 Å². The van der Waals surface area contributed by atoms with Gasteiger partial charge in [0.15, 0.2) is 0 Å². The van der Waals surface area contributed by atoms with Gasteiger partial charge in [-0.2, -0.15) is 5.10 Å². The molecule has 2 fully saturated rings. The Hall–Kier alpha value is -1.07. The molecule has 1 aromatic heterocycles. The van der Waals surface area contributed by atoms with E-state index in [1.807, 2.05) is 10.9 Å². The van der Waals surface area contributed by atoms with Gasteiger partial charge in [-0.25, -0.2) is 0 Å². The summed E-state index contributed by atoms with van der Waals surface area (Å²) in [5, 5.41) is 7.74. The average molecular weight is 313 g/mol. The van der Waals surface area contributed by atoms with Crippen LogP contribution in [-0.4, -0.2) is 46.8 Å². The van der Waals surface area contributed by atoms with Crippen LogP contribution in [0.2, 0.25) is 0 Å². The van der Waals surface area contributed by atoms with Crippen molar-refractivity contribution in [2.75, 3.05) is 26.2 Å². The molecule has 5 nitrogen and oxygen atoms in total. The van der Waals surface area contributed by atoms with Crippen molar-refractivity contribution in [1.82, 2.24) is 20.0 Å². The first-order chi connectivity index (χ1) is 9.74. The van der Waals surface area contributed by atoms with Crippen LogP contribution in [0.1, 0.15) is 37.3 Å². The van der Waals surface area contributed by atoms with Gasteiger partial charge >= 0.3 is 0 Å². The molecule has 118 valence electrons. The van der Waals surface area contributed by atoms with Crippen LogP contribution in [-0.2, 0) is 4.79 Å². The summed E-state index contributed by atoms with van der Waals surface area (Å²) < 4.78 is 2.04. The second kappa shape index (κ2) is 7.27. The number of aryl methyl sites for hydroxylation is 1. The normalized spacial score (nSPS) is 23.7. The maximum absolute atomic E-state index is 12.6. The zero-order valence-corrected chi connectivity index (χ0v) is 13.4. The SMILES string of the molecule is Cc1cnn(C2CCCN(C(=O)C3CCNCC3)C2)c1.Cl. The van der Waals surface area contributed by atoms with E-state index in [1.165, 1.54) is 5.56 Å². The molecular weight excluding hydrogens is 288 g/mol. The highest BCUT2D eigenvalue weighted by Gasteiger charge is 2.30. The third-order valence-electron chi connectivity index (χ3n) is 4.50. The molecule has 1 unspecified atom stereocenters. The highest BCUT2D eigenvalue weighted by atomic mass is 35.5. The quantitative estimate of drug-likeness (QED) is 0.905. The van der Waals surface area contributed by atoms with Crippen molar-refractivity contribution in [3.8, 4) is 0 Å². The number of nitrogens with one attached hydrogen (secondary N) is 1. The van der Waals surface area contributed by atoms with E-state index >= 15 is 0 Å². The summed E-state index contributed by atoms with van der Waals surface area (Å²) in [6.07, 6.45) is 8.16. The van der Waals surface area contributed by atoms with Gasteiger partial charge in [0.05, 0.1) is 12.2 Å². The Labute approximate surface area is 132 Å². The van der Waals surface area contributed by atoms with Crippen molar-refractivity contribution in [2.24, 2.45) is 5.92 Å². The molecule has 0 saturated carbocycles. The molecule has 2 aliphatic rings. The van der Waals surface area contributed by atoms with Crippen LogP contribution in [0.3, 0.4) is 0 Å². The molecule has 1 amide bonds. The highest BCUT2D eigenvalue weighted by Crippen LogP contribution is 2.24. The fourth-order valence-electron chi connectivity index (χ4n) is 3.33. The summed E-state index contributed by atoms with van der Waals surface area (Å²) in [5.41, 5.74) is 1.19. The number of rotatable bonds is 2. The molecule has 0 aliphatic carbocycles.